The molecule has 94 valence electrons. The molecular weight excluding hydrogens is 233 g/mol. The highest BCUT2D eigenvalue weighted by Gasteiger charge is 2.12. The van der Waals surface area contributed by atoms with Crippen LogP contribution in [0.4, 0.5) is 10.2 Å². The van der Waals surface area contributed by atoms with Crippen LogP contribution in [0.3, 0.4) is 0 Å². The van der Waals surface area contributed by atoms with Crippen molar-refractivity contribution in [2.75, 3.05) is 5.32 Å². The highest BCUT2D eigenvalue weighted by molar-refractivity contribution is 5.36. The number of nitrogens with zero attached hydrogens (tertiary/aromatic N) is 2. The van der Waals surface area contributed by atoms with Gasteiger partial charge in [-0.2, -0.15) is 0 Å². The van der Waals surface area contributed by atoms with Gasteiger partial charge in [0.05, 0.1) is 6.04 Å². The van der Waals surface area contributed by atoms with Crippen molar-refractivity contribution in [3.63, 3.8) is 0 Å². The first kappa shape index (κ1) is 12.3. The molecule has 1 N–H and O–H groups in total. The van der Waals surface area contributed by atoms with E-state index in [0.717, 1.165) is 0 Å². The molecule has 0 saturated heterocycles. The minimum absolute atomic E-state index is 0.218. The second-order valence-corrected chi connectivity index (χ2v) is 4.08. The summed E-state index contributed by atoms with van der Waals surface area (Å²) in [5, 5.41) is 2.92. The highest BCUT2D eigenvalue weighted by Crippen LogP contribution is 2.18. The van der Waals surface area contributed by atoms with Crippen LogP contribution >= 0.6 is 0 Å². The predicted octanol–water partition coefficient (Wildman–Crippen LogP) is 2.09. The van der Waals surface area contributed by atoms with Gasteiger partial charge in [-0.3, -0.25) is 4.79 Å². The number of aryl methyl sites for hydroxylation is 1. The number of hydrogen-bond acceptors (Lipinski definition) is 3. The molecule has 0 bridgehead atoms. The van der Waals surface area contributed by atoms with Crippen LogP contribution in [-0.2, 0) is 7.05 Å². The molecule has 0 aliphatic heterocycles. The fourth-order valence-corrected chi connectivity index (χ4v) is 1.71. The zero-order chi connectivity index (χ0) is 13.1. The van der Waals surface area contributed by atoms with Crippen LogP contribution in [0.1, 0.15) is 18.5 Å². The molecule has 1 aromatic heterocycles. The zero-order valence-corrected chi connectivity index (χ0v) is 10.2. The molecule has 0 spiro atoms. The number of benzene rings is 1. The van der Waals surface area contributed by atoms with Crippen molar-refractivity contribution in [3.05, 3.63) is 58.4 Å². The first-order valence-corrected chi connectivity index (χ1v) is 5.62. The maximum absolute atomic E-state index is 13.6. The summed E-state index contributed by atoms with van der Waals surface area (Å²) in [7, 11) is 1.64. The van der Waals surface area contributed by atoms with E-state index in [9.17, 15) is 9.18 Å². The van der Waals surface area contributed by atoms with Gasteiger partial charge in [0.25, 0.3) is 5.56 Å². The smallest absolute Gasteiger partial charge is 0.293 e. The van der Waals surface area contributed by atoms with E-state index in [-0.39, 0.29) is 23.2 Å². The predicted molar refractivity (Wildman–Crippen MR) is 67.9 cm³/mol. The normalized spacial score (nSPS) is 12.2. The highest BCUT2D eigenvalue weighted by atomic mass is 19.1. The maximum atomic E-state index is 13.6. The van der Waals surface area contributed by atoms with Gasteiger partial charge in [-0.1, -0.05) is 18.2 Å². The molecule has 0 aliphatic carbocycles. The number of halogens is 1. The number of nitrogens with one attached hydrogen (secondary N) is 1. The molecule has 0 fully saturated rings. The van der Waals surface area contributed by atoms with Crippen LogP contribution in [-0.4, -0.2) is 9.55 Å². The van der Waals surface area contributed by atoms with Gasteiger partial charge in [0, 0.05) is 25.0 Å². The molecule has 1 aromatic carbocycles. The van der Waals surface area contributed by atoms with E-state index in [0.29, 0.717) is 5.56 Å². The van der Waals surface area contributed by atoms with E-state index in [1.165, 1.54) is 16.8 Å². The summed E-state index contributed by atoms with van der Waals surface area (Å²) in [6.07, 6.45) is 3.10. The minimum atomic E-state index is -0.325. The second-order valence-electron chi connectivity index (χ2n) is 4.08. The minimum Gasteiger partial charge on any atom is -0.359 e. The van der Waals surface area contributed by atoms with E-state index in [4.69, 9.17) is 0 Å². The third kappa shape index (κ3) is 2.40. The van der Waals surface area contributed by atoms with Gasteiger partial charge in [-0.05, 0) is 13.0 Å². The van der Waals surface area contributed by atoms with Crippen molar-refractivity contribution in [1.82, 2.24) is 9.55 Å². The lowest BCUT2D eigenvalue weighted by molar-refractivity contribution is 0.599. The van der Waals surface area contributed by atoms with E-state index in [1.807, 2.05) is 0 Å². The molecule has 5 heteroatoms. The summed E-state index contributed by atoms with van der Waals surface area (Å²) in [5.41, 5.74) is 0.269. The van der Waals surface area contributed by atoms with Crippen molar-refractivity contribution in [2.24, 2.45) is 7.05 Å². The Morgan fingerprint density at radius 1 is 1.39 bits per heavy atom. The molecule has 0 aliphatic rings. The summed E-state index contributed by atoms with van der Waals surface area (Å²) >= 11 is 0. The fraction of sp³-hybridized carbons (Fsp3) is 0.231. The summed E-state index contributed by atoms with van der Waals surface area (Å²) in [4.78, 5) is 15.7. The molecule has 0 amide bonds. The summed E-state index contributed by atoms with van der Waals surface area (Å²) < 4.78 is 15.0. The number of aromatic nitrogens is 2. The number of hydrogen-bond donors (Lipinski definition) is 1. The first-order chi connectivity index (χ1) is 8.59. The van der Waals surface area contributed by atoms with Crippen LogP contribution in [0.5, 0.6) is 0 Å². The lowest BCUT2D eigenvalue weighted by Gasteiger charge is -2.15. The Labute approximate surface area is 104 Å². The third-order valence-electron chi connectivity index (χ3n) is 2.74. The molecule has 0 radical (unpaired) electrons. The van der Waals surface area contributed by atoms with Gasteiger partial charge < -0.3 is 9.88 Å². The molecule has 1 atom stereocenters. The van der Waals surface area contributed by atoms with Gasteiger partial charge in [0.2, 0.25) is 0 Å². The van der Waals surface area contributed by atoms with E-state index in [2.05, 4.69) is 10.3 Å². The molecule has 4 nitrogen and oxygen atoms in total. The van der Waals surface area contributed by atoms with Crippen LogP contribution in [0.2, 0.25) is 0 Å². The van der Waals surface area contributed by atoms with E-state index < -0.39 is 0 Å². The number of anilines is 1. The second kappa shape index (κ2) is 5.00. The van der Waals surface area contributed by atoms with Crippen LogP contribution in [0.25, 0.3) is 0 Å². The van der Waals surface area contributed by atoms with Crippen LogP contribution in [0, 0.1) is 5.82 Å². The number of rotatable bonds is 3. The summed E-state index contributed by atoms with van der Waals surface area (Å²) in [6, 6.07) is 6.14. The van der Waals surface area contributed by atoms with Gasteiger partial charge >= 0.3 is 0 Å². The molecule has 2 aromatic rings. The monoisotopic (exact) mass is 247 g/mol. The Morgan fingerprint density at radius 2 is 2.11 bits per heavy atom. The summed E-state index contributed by atoms with van der Waals surface area (Å²) in [5.74, 6) is -0.0824. The van der Waals surface area contributed by atoms with Crippen LogP contribution < -0.4 is 10.9 Å². The first-order valence-electron chi connectivity index (χ1n) is 5.62. The quantitative estimate of drug-likeness (QED) is 0.903. The van der Waals surface area contributed by atoms with Gasteiger partial charge in [-0.25, -0.2) is 9.37 Å². The Balaban J connectivity index is 2.27. The Kier molecular flexibility index (Phi) is 3.41. The standard InChI is InChI=1S/C13H14FN3O/c1-9(10-5-3-4-6-11(10)14)16-12-13(18)17(2)8-7-15-12/h3-9H,1-2H3,(H,15,16). The van der Waals surface area contributed by atoms with Crippen molar-refractivity contribution >= 4 is 5.82 Å². The van der Waals surface area contributed by atoms with Gasteiger partial charge in [0.1, 0.15) is 5.82 Å². The van der Waals surface area contributed by atoms with Gasteiger partial charge in [-0.15, -0.1) is 0 Å². The van der Waals surface area contributed by atoms with Gasteiger partial charge in [0.15, 0.2) is 5.82 Å². The van der Waals surface area contributed by atoms with E-state index in [1.54, 1.807) is 38.4 Å². The Morgan fingerprint density at radius 3 is 2.83 bits per heavy atom. The molecular formula is C13H14FN3O. The third-order valence-corrected chi connectivity index (χ3v) is 2.74. The SMILES string of the molecule is CC(Nc1nccn(C)c1=O)c1ccccc1F. The Hall–Kier alpha value is -2.17. The molecule has 2 rings (SSSR count). The molecule has 1 unspecified atom stereocenters. The fourth-order valence-electron chi connectivity index (χ4n) is 1.71. The lowest BCUT2D eigenvalue weighted by atomic mass is 10.1. The summed E-state index contributed by atoms with van der Waals surface area (Å²) in [6.45, 7) is 1.78. The Bertz CT molecular complexity index is 609. The average Bonchev–Trinajstić information content (AvgIpc) is 2.35. The van der Waals surface area contributed by atoms with Crippen molar-refractivity contribution in [3.8, 4) is 0 Å². The maximum Gasteiger partial charge on any atom is 0.293 e. The van der Waals surface area contributed by atoms with Crippen molar-refractivity contribution in [2.45, 2.75) is 13.0 Å². The average molecular weight is 247 g/mol. The topological polar surface area (TPSA) is 46.9 Å². The van der Waals surface area contributed by atoms with Crippen LogP contribution in [0.15, 0.2) is 41.5 Å². The lowest BCUT2D eigenvalue weighted by Crippen LogP contribution is -2.23. The van der Waals surface area contributed by atoms with Crippen molar-refractivity contribution < 1.29 is 4.39 Å². The molecule has 1 heterocycles. The largest absolute Gasteiger partial charge is 0.359 e. The molecule has 0 saturated carbocycles. The van der Waals surface area contributed by atoms with Crippen molar-refractivity contribution in [1.29, 1.82) is 0 Å². The van der Waals surface area contributed by atoms with E-state index >= 15 is 0 Å². The molecule has 18 heavy (non-hydrogen) atoms. The zero-order valence-electron chi connectivity index (χ0n) is 10.2.